The lowest BCUT2D eigenvalue weighted by atomic mass is 9.79. The van der Waals surface area contributed by atoms with Crippen LogP contribution in [0.25, 0.3) is 0 Å². The lowest BCUT2D eigenvalue weighted by molar-refractivity contribution is -0.159. The third-order valence-corrected chi connectivity index (χ3v) is 11.4. The highest BCUT2D eigenvalue weighted by molar-refractivity contribution is 7.10. The second-order valence-electron chi connectivity index (χ2n) is 14.0. The number of hydrogen-bond donors (Lipinski definition) is 0. The highest BCUT2D eigenvalue weighted by Gasteiger charge is 2.56. The Morgan fingerprint density at radius 2 is 1.67 bits per heavy atom. The third kappa shape index (κ3) is 8.74. The maximum Gasteiger partial charge on any atom is 0.425 e. The summed E-state index contributed by atoms with van der Waals surface area (Å²) >= 11 is 0.417. The SMILES string of the molecule is CCC[C@H]1N(C(=O)c2cnccc2C(F)(F)F)CCC[C@@]1(Oc1csc(C(F)(F)F)c1)C(=O)N1CCN(c2ccccc2OCCN2CCCCC2)CC1. The quantitative estimate of drug-likeness (QED) is 0.186. The van der Waals surface area contributed by atoms with Crippen molar-refractivity contribution in [2.24, 2.45) is 0 Å². The lowest BCUT2D eigenvalue weighted by Crippen LogP contribution is -2.69. The summed E-state index contributed by atoms with van der Waals surface area (Å²) in [5, 5.41) is 1.17. The van der Waals surface area contributed by atoms with Gasteiger partial charge in [-0.25, -0.2) is 0 Å². The monoisotopic (exact) mass is 781 g/mol. The number of thiophene rings is 1. The number of carbonyl (C=O) groups excluding carboxylic acids is 2. The van der Waals surface area contributed by atoms with Crippen LogP contribution in [0.4, 0.5) is 32.0 Å². The van der Waals surface area contributed by atoms with Gasteiger partial charge in [0.15, 0.2) is 0 Å². The van der Waals surface area contributed by atoms with Crippen molar-refractivity contribution in [2.75, 3.05) is 63.9 Å². The van der Waals surface area contributed by atoms with E-state index in [2.05, 4.69) is 14.8 Å². The number of ether oxygens (including phenoxy) is 2. The summed E-state index contributed by atoms with van der Waals surface area (Å²) in [5.74, 6) is -0.962. The zero-order valence-corrected chi connectivity index (χ0v) is 30.9. The second kappa shape index (κ2) is 16.8. The first kappa shape index (κ1) is 39.6. The molecule has 5 heterocycles. The molecule has 3 aromatic rings. The summed E-state index contributed by atoms with van der Waals surface area (Å²) < 4.78 is 95.9. The van der Waals surface area contributed by atoms with E-state index >= 15 is 0 Å². The molecule has 3 aliphatic rings. The molecule has 54 heavy (non-hydrogen) atoms. The van der Waals surface area contributed by atoms with E-state index < -0.39 is 51.8 Å². The number of amides is 2. The molecule has 2 amide bonds. The van der Waals surface area contributed by atoms with Crippen LogP contribution in [0.3, 0.4) is 0 Å². The summed E-state index contributed by atoms with van der Waals surface area (Å²) in [5.41, 5.74) is -2.83. The maximum absolute atomic E-state index is 14.9. The standard InChI is InChI=1S/C38H45F6N5O4S/c1-2-9-32-36(53-27-24-33(54-26-27)38(42,43)44,13-8-17-49(32)34(50)28-25-45-14-12-29(28)37(39,40)41)35(51)48-20-18-47(19-21-48)30-10-4-5-11-31(30)52-23-22-46-15-6-3-7-16-46/h4-5,10-12,14,24-26,32H,2-3,6-9,13,15-23H2,1H3/t32-,36+/m1/s1. The summed E-state index contributed by atoms with van der Waals surface area (Å²) in [6.07, 6.45) is -3.31. The van der Waals surface area contributed by atoms with Crippen LogP contribution in [0, 0.1) is 0 Å². The Morgan fingerprint density at radius 1 is 0.926 bits per heavy atom. The Labute approximate surface area is 314 Å². The van der Waals surface area contributed by atoms with Gasteiger partial charge in [0, 0.05) is 69.5 Å². The van der Waals surface area contributed by atoms with Crippen LogP contribution in [0.15, 0.2) is 54.2 Å². The Bertz CT molecular complexity index is 1740. The minimum atomic E-state index is -4.85. The van der Waals surface area contributed by atoms with Gasteiger partial charge in [0.1, 0.15) is 23.0 Å². The lowest BCUT2D eigenvalue weighted by Gasteiger charge is -2.50. The van der Waals surface area contributed by atoms with Gasteiger partial charge in [-0.3, -0.25) is 19.5 Å². The van der Waals surface area contributed by atoms with Gasteiger partial charge < -0.3 is 24.2 Å². The molecule has 0 saturated carbocycles. The maximum atomic E-state index is 14.9. The number of aromatic nitrogens is 1. The zero-order chi connectivity index (χ0) is 38.5. The second-order valence-corrected chi connectivity index (χ2v) is 14.9. The highest BCUT2D eigenvalue weighted by Crippen LogP contribution is 2.43. The molecule has 0 aliphatic carbocycles. The van der Waals surface area contributed by atoms with Gasteiger partial charge >= 0.3 is 12.4 Å². The van der Waals surface area contributed by atoms with Gasteiger partial charge in [-0.15, -0.1) is 11.3 Å². The molecule has 0 spiro atoms. The fourth-order valence-electron chi connectivity index (χ4n) is 7.83. The van der Waals surface area contributed by atoms with Crippen LogP contribution in [0.1, 0.15) is 72.7 Å². The third-order valence-electron chi connectivity index (χ3n) is 10.4. The van der Waals surface area contributed by atoms with Crippen molar-refractivity contribution in [3.05, 3.63) is 70.2 Å². The Hall–Kier alpha value is -4.05. The number of anilines is 1. The predicted molar refractivity (Wildman–Crippen MR) is 192 cm³/mol. The highest BCUT2D eigenvalue weighted by atomic mass is 32.1. The van der Waals surface area contributed by atoms with E-state index in [1.165, 1.54) is 29.5 Å². The molecule has 3 saturated heterocycles. The zero-order valence-electron chi connectivity index (χ0n) is 30.1. The summed E-state index contributed by atoms with van der Waals surface area (Å²) in [4.78, 5) is 39.2. The molecule has 0 unspecified atom stereocenters. The number of rotatable bonds is 11. The molecule has 294 valence electrons. The van der Waals surface area contributed by atoms with E-state index in [1.807, 2.05) is 24.3 Å². The van der Waals surface area contributed by atoms with E-state index in [9.17, 15) is 35.9 Å². The topological polar surface area (TPSA) is 78.5 Å². The van der Waals surface area contributed by atoms with Gasteiger partial charge in [0.25, 0.3) is 11.8 Å². The van der Waals surface area contributed by atoms with Crippen molar-refractivity contribution >= 4 is 28.8 Å². The molecule has 16 heteroatoms. The Balaban J connectivity index is 1.26. The van der Waals surface area contributed by atoms with Gasteiger partial charge in [-0.05, 0) is 57.0 Å². The van der Waals surface area contributed by atoms with E-state index in [1.54, 1.807) is 11.8 Å². The molecule has 2 atom stereocenters. The molecule has 0 N–H and O–H groups in total. The van der Waals surface area contributed by atoms with Gasteiger partial charge in [-0.1, -0.05) is 31.9 Å². The van der Waals surface area contributed by atoms with Gasteiger partial charge in [0.05, 0.1) is 22.9 Å². The number of carbonyl (C=O) groups is 2. The van der Waals surface area contributed by atoms with Gasteiger partial charge in [-0.2, -0.15) is 26.3 Å². The van der Waals surface area contributed by atoms with Crippen LogP contribution in [0.5, 0.6) is 11.5 Å². The van der Waals surface area contributed by atoms with E-state index in [4.69, 9.17) is 9.47 Å². The number of nitrogens with zero attached hydrogens (tertiary/aromatic N) is 5. The minimum Gasteiger partial charge on any atom is -0.490 e. The van der Waals surface area contributed by atoms with Crippen molar-refractivity contribution in [1.29, 1.82) is 0 Å². The van der Waals surface area contributed by atoms with Gasteiger partial charge in [0.2, 0.25) is 5.60 Å². The first-order valence-electron chi connectivity index (χ1n) is 18.5. The van der Waals surface area contributed by atoms with Crippen molar-refractivity contribution < 1.29 is 45.4 Å². The number of piperidine rings is 2. The molecular formula is C38H45F6N5O4S. The number of likely N-dealkylation sites (tertiary alicyclic amines) is 2. The number of piperazine rings is 1. The van der Waals surface area contributed by atoms with Crippen LogP contribution in [-0.2, 0) is 17.1 Å². The molecule has 1 aromatic carbocycles. The largest absolute Gasteiger partial charge is 0.490 e. The van der Waals surface area contributed by atoms with Crippen molar-refractivity contribution in [1.82, 2.24) is 19.7 Å². The molecule has 3 aliphatic heterocycles. The van der Waals surface area contributed by atoms with Crippen molar-refractivity contribution in [2.45, 2.75) is 75.9 Å². The first-order chi connectivity index (χ1) is 25.8. The van der Waals surface area contributed by atoms with Crippen LogP contribution < -0.4 is 14.4 Å². The average molecular weight is 782 g/mol. The molecular weight excluding hydrogens is 737 g/mol. The van der Waals surface area contributed by atoms with Crippen molar-refractivity contribution in [3.8, 4) is 11.5 Å². The van der Waals surface area contributed by atoms with E-state index in [-0.39, 0.29) is 44.6 Å². The number of pyridine rings is 1. The first-order valence-corrected chi connectivity index (χ1v) is 19.3. The number of benzene rings is 1. The molecule has 9 nitrogen and oxygen atoms in total. The number of alkyl halides is 6. The molecule has 2 aromatic heterocycles. The molecule has 3 fully saturated rings. The number of halogens is 6. The van der Waals surface area contributed by atoms with Crippen molar-refractivity contribution in [3.63, 3.8) is 0 Å². The minimum absolute atomic E-state index is 0.0217. The van der Waals surface area contributed by atoms with Crippen LogP contribution >= 0.6 is 11.3 Å². The molecule has 6 rings (SSSR count). The Morgan fingerprint density at radius 3 is 2.35 bits per heavy atom. The number of hydrogen-bond acceptors (Lipinski definition) is 8. The average Bonchev–Trinajstić information content (AvgIpc) is 3.65. The van der Waals surface area contributed by atoms with Crippen LogP contribution in [-0.4, -0.2) is 102 Å². The molecule has 0 bridgehead atoms. The fourth-order valence-corrected chi connectivity index (χ4v) is 8.51. The van der Waals surface area contributed by atoms with E-state index in [0.29, 0.717) is 37.5 Å². The summed E-state index contributed by atoms with van der Waals surface area (Å²) in [6.45, 7) is 6.59. The molecule has 0 radical (unpaired) electrons. The fraction of sp³-hybridized carbons (Fsp3) is 0.553. The Kier molecular flexibility index (Phi) is 12.3. The summed E-state index contributed by atoms with van der Waals surface area (Å²) in [7, 11) is 0. The number of para-hydroxylation sites is 2. The predicted octanol–water partition coefficient (Wildman–Crippen LogP) is 7.62. The van der Waals surface area contributed by atoms with E-state index in [0.717, 1.165) is 55.6 Å². The van der Waals surface area contributed by atoms with Crippen LogP contribution in [0.2, 0.25) is 0 Å². The normalized spacial score (nSPS) is 21.6. The smallest absolute Gasteiger partial charge is 0.425 e. The summed E-state index contributed by atoms with van der Waals surface area (Å²) in [6, 6.07) is 8.16.